The molecule has 0 heterocycles. The third kappa shape index (κ3) is 2.14. The molecule has 1 aliphatic rings. The Morgan fingerprint density at radius 2 is 1.63 bits per heavy atom. The standard InChI is InChI=1S/C12H6F4O2S/c13-8-6(4-1-2-5(19)3-4)7(12(17)18)9(14)11(16)10(8)15/h1-2,19H,3H2,(H,17,18). The predicted molar refractivity (Wildman–Crippen MR) is 62.9 cm³/mol. The molecule has 0 saturated carbocycles. The molecule has 0 aliphatic heterocycles. The summed E-state index contributed by atoms with van der Waals surface area (Å²) in [7, 11) is 0. The lowest BCUT2D eigenvalue weighted by molar-refractivity contribution is 0.0689. The molecule has 0 radical (unpaired) electrons. The van der Waals surface area contributed by atoms with E-state index in [-0.39, 0.29) is 12.0 Å². The lowest BCUT2D eigenvalue weighted by Gasteiger charge is -2.11. The van der Waals surface area contributed by atoms with E-state index in [4.69, 9.17) is 5.11 Å². The monoisotopic (exact) mass is 290 g/mol. The lowest BCUT2D eigenvalue weighted by Crippen LogP contribution is -2.13. The maximum absolute atomic E-state index is 13.7. The highest BCUT2D eigenvalue weighted by molar-refractivity contribution is 7.84. The normalized spacial score (nSPS) is 14.4. The van der Waals surface area contributed by atoms with Crippen LogP contribution >= 0.6 is 12.6 Å². The summed E-state index contributed by atoms with van der Waals surface area (Å²) in [5.41, 5.74) is -1.99. The van der Waals surface area contributed by atoms with E-state index in [0.29, 0.717) is 4.91 Å². The van der Waals surface area contributed by atoms with Gasteiger partial charge in [0.1, 0.15) is 5.56 Å². The number of rotatable bonds is 2. The quantitative estimate of drug-likeness (QED) is 0.378. The summed E-state index contributed by atoms with van der Waals surface area (Å²) in [6, 6.07) is 0. The third-order valence-electron chi connectivity index (χ3n) is 2.65. The highest BCUT2D eigenvalue weighted by atomic mass is 32.1. The van der Waals surface area contributed by atoms with Gasteiger partial charge in [-0.15, -0.1) is 12.6 Å². The number of carboxylic acids is 1. The van der Waals surface area contributed by atoms with Gasteiger partial charge in [0.05, 0.1) is 0 Å². The zero-order valence-electron chi connectivity index (χ0n) is 9.18. The Bertz CT molecular complexity index is 650. The zero-order chi connectivity index (χ0) is 14.3. The van der Waals surface area contributed by atoms with Gasteiger partial charge in [-0.3, -0.25) is 0 Å². The van der Waals surface area contributed by atoms with Crippen molar-refractivity contribution >= 4 is 24.2 Å². The SMILES string of the molecule is O=C(O)c1c(F)c(F)c(F)c(F)c1C1=CC=C(S)C1. The first-order chi connectivity index (χ1) is 8.84. The number of halogens is 4. The van der Waals surface area contributed by atoms with Crippen molar-refractivity contribution in [2.75, 3.05) is 0 Å². The van der Waals surface area contributed by atoms with Crippen LogP contribution in [0.15, 0.2) is 17.1 Å². The molecule has 0 amide bonds. The van der Waals surface area contributed by atoms with Crippen LogP contribution in [0, 0.1) is 23.3 Å². The second-order valence-electron chi connectivity index (χ2n) is 3.84. The summed E-state index contributed by atoms with van der Waals surface area (Å²) in [6.07, 6.45) is 2.73. The van der Waals surface area contributed by atoms with Gasteiger partial charge in [0.15, 0.2) is 23.3 Å². The Morgan fingerprint density at radius 1 is 1.05 bits per heavy atom. The van der Waals surface area contributed by atoms with Crippen molar-refractivity contribution in [2.24, 2.45) is 0 Å². The maximum atomic E-state index is 13.7. The maximum Gasteiger partial charge on any atom is 0.339 e. The Hall–Kier alpha value is -1.76. The number of carboxylic acid groups (broad SMARTS) is 1. The van der Waals surface area contributed by atoms with E-state index in [2.05, 4.69) is 12.6 Å². The minimum Gasteiger partial charge on any atom is -0.478 e. The highest BCUT2D eigenvalue weighted by Gasteiger charge is 2.31. The first-order valence-corrected chi connectivity index (χ1v) is 5.47. The van der Waals surface area contributed by atoms with Gasteiger partial charge in [0.2, 0.25) is 0 Å². The Labute approximate surface area is 110 Å². The summed E-state index contributed by atoms with van der Waals surface area (Å²) in [6.45, 7) is 0. The average Bonchev–Trinajstić information content (AvgIpc) is 2.76. The fourth-order valence-electron chi connectivity index (χ4n) is 1.82. The number of thiol groups is 1. The second-order valence-corrected chi connectivity index (χ2v) is 4.41. The zero-order valence-corrected chi connectivity index (χ0v) is 10.1. The van der Waals surface area contributed by atoms with Crippen molar-refractivity contribution in [1.29, 1.82) is 0 Å². The largest absolute Gasteiger partial charge is 0.478 e. The molecule has 100 valence electrons. The molecule has 7 heteroatoms. The first-order valence-electron chi connectivity index (χ1n) is 5.03. The van der Waals surface area contributed by atoms with E-state index in [1.807, 2.05) is 0 Å². The summed E-state index contributed by atoms with van der Waals surface area (Å²) < 4.78 is 53.4. The van der Waals surface area contributed by atoms with E-state index in [0.717, 1.165) is 0 Å². The van der Waals surface area contributed by atoms with Crippen LogP contribution in [0.4, 0.5) is 17.6 Å². The van der Waals surface area contributed by atoms with Crippen LogP contribution in [0.1, 0.15) is 22.3 Å². The smallest absolute Gasteiger partial charge is 0.339 e. The van der Waals surface area contributed by atoms with Gasteiger partial charge in [-0.25, -0.2) is 22.4 Å². The van der Waals surface area contributed by atoms with Crippen LogP contribution in [0.2, 0.25) is 0 Å². The van der Waals surface area contributed by atoms with Crippen molar-refractivity contribution in [2.45, 2.75) is 6.42 Å². The number of aromatic carboxylic acids is 1. The van der Waals surface area contributed by atoms with Crippen LogP contribution in [0.3, 0.4) is 0 Å². The Kier molecular flexibility index (Phi) is 3.40. The molecule has 0 atom stereocenters. The van der Waals surface area contributed by atoms with E-state index in [1.54, 1.807) is 0 Å². The Morgan fingerprint density at radius 3 is 2.11 bits per heavy atom. The van der Waals surface area contributed by atoms with Crippen LogP contribution in [-0.4, -0.2) is 11.1 Å². The molecule has 0 aromatic heterocycles. The van der Waals surface area contributed by atoms with Gasteiger partial charge < -0.3 is 5.11 Å². The fourth-order valence-corrected chi connectivity index (χ4v) is 2.06. The number of allylic oxidation sites excluding steroid dienone is 4. The summed E-state index contributed by atoms with van der Waals surface area (Å²) in [5.74, 6) is -9.70. The van der Waals surface area contributed by atoms with Crippen molar-refractivity contribution in [3.63, 3.8) is 0 Å². The fraction of sp³-hybridized carbons (Fsp3) is 0.0833. The minimum atomic E-state index is -2.14. The number of hydrogen-bond donors (Lipinski definition) is 2. The van der Waals surface area contributed by atoms with Crippen molar-refractivity contribution in [3.8, 4) is 0 Å². The van der Waals surface area contributed by atoms with E-state index in [9.17, 15) is 22.4 Å². The summed E-state index contributed by atoms with van der Waals surface area (Å²) >= 11 is 3.97. The molecule has 0 saturated heterocycles. The van der Waals surface area contributed by atoms with Crippen LogP contribution < -0.4 is 0 Å². The van der Waals surface area contributed by atoms with Crippen molar-refractivity contribution in [1.82, 2.24) is 0 Å². The van der Waals surface area contributed by atoms with E-state index in [1.165, 1.54) is 12.2 Å². The summed E-state index contributed by atoms with van der Waals surface area (Å²) in [5, 5.41) is 8.85. The van der Waals surface area contributed by atoms with Crippen molar-refractivity contribution < 1.29 is 27.5 Å². The van der Waals surface area contributed by atoms with E-state index >= 15 is 0 Å². The minimum absolute atomic E-state index is 0.0187. The molecular formula is C12H6F4O2S. The average molecular weight is 290 g/mol. The molecule has 0 bridgehead atoms. The second kappa shape index (κ2) is 4.73. The van der Waals surface area contributed by atoms with Crippen LogP contribution in [0.5, 0.6) is 0 Å². The molecule has 0 fully saturated rings. The van der Waals surface area contributed by atoms with Gasteiger partial charge >= 0.3 is 5.97 Å². The molecule has 0 spiro atoms. The number of carbonyl (C=O) groups is 1. The van der Waals surface area contributed by atoms with Gasteiger partial charge in [-0.1, -0.05) is 12.2 Å². The molecular weight excluding hydrogens is 284 g/mol. The molecule has 1 N–H and O–H groups in total. The Balaban J connectivity index is 2.76. The van der Waals surface area contributed by atoms with Gasteiger partial charge in [-0.2, -0.15) is 0 Å². The molecule has 1 aromatic rings. The molecule has 0 unspecified atom stereocenters. The third-order valence-corrected chi connectivity index (χ3v) is 2.96. The first kappa shape index (κ1) is 13.7. The topological polar surface area (TPSA) is 37.3 Å². The highest BCUT2D eigenvalue weighted by Crippen LogP contribution is 2.36. The van der Waals surface area contributed by atoms with Gasteiger partial charge in [-0.05, 0) is 10.5 Å². The molecule has 2 nitrogen and oxygen atoms in total. The van der Waals surface area contributed by atoms with Crippen LogP contribution in [-0.2, 0) is 0 Å². The molecule has 2 rings (SSSR count). The molecule has 1 aliphatic carbocycles. The molecule has 19 heavy (non-hydrogen) atoms. The van der Waals surface area contributed by atoms with Crippen LogP contribution in [0.25, 0.3) is 5.57 Å². The van der Waals surface area contributed by atoms with E-state index < -0.39 is 40.4 Å². The summed E-state index contributed by atoms with van der Waals surface area (Å²) in [4.78, 5) is 11.4. The van der Waals surface area contributed by atoms with Crippen molar-refractivity contribution in [3.05, 3.63) is 51.5 Å². The number of benzene rings is 1. The lowest BCUT2D eigenvalue weighted by atomic mass is 9.97. The number of hydrogen-bond acceptors (Lipinski definition) is 2. The van der Waals surface area contributed by atoms with Gasteiger partial charge in [0, 0.05) is 12.0 Å². The predicted octanol–water partition coefficient (Wildman–Crippen LogP) is 3.54. The van der Waals surface area contributed by atoms with Gasteiger partial charge in [0.25, 0.3) is 0 Å². The molecule has 1 aromatic carbocycles.